The van der Waals surface area contributed by atoms with Crippen LogP contribution in [0.1, 0.15) is 19.4 Å². The molecule has 0 saturated heterocycles. The van der Waals surface area contributed by atoms with Crippen molar-refractivity contribution in [3.05, 3.63) is 42.2 Å². The van der Waals surface area contributed by atoms with E-state index in [0.29, 0.717) is 6.54 Å². The largest absolute Gasteiger partial charge is 0.330 e. The topological polar surface area (TPSA) is 38.9 Å². The Morgan fingerprint density at radius 1 is 1.25 bits per heavy atom. The molecule has 2 nitrogen and oxygen atoms in total. The quantitative estimate of drug-likeness (QED) is 0.853. The molecule has 2 N–H and O–H groups in total. The average molecular weight is 214 g/mol. The van der Waals surface area contributed by atoms with Crippen LogP contribution in [0.3, 0.4) is 0 Å². The summed E-state index contributed by atoms with van der Waals surface area (Å²) < 4.78 is 0. The van der Waals surface area contributed by atoms with E-state index in [1.165, 1.54) is 16.3 Å². The zero-order valence-corrected chi connectivity index (χ0v) is 9.90. The third kappa shape index (κ3) is 2.22. The zero-order chi connectivity index (χ0) is 11.6. The average Bonchev–Trinajstić information content (AvgIpc) is 2.29. The Morgan fingerprint density at radius 3 is 2.81 bits per heavy atom. The van der Waals surface area contributed by atoms with Crippen molar-refractivity contribution in [1.29, 1.82) is 0 Å². The summed E-state index contributed by atoms with van der Waals surface area (Å²) in [5, 5.41) is 2.49. The number of pyridine rings is 1. The van der Waals surface area contributed by atoms with Gasteiger partial charge in [-0.1, -0.05) is 32.0 Å². The van der Waals surface area contributed by atoms with Crippen LogP contribution in [0.4, 0.5) is 0 Å². The number of hydrogen-bond donors (Lipinski definition) is 1. The molecular weight excluding hydrogens is 196 g/mol. The van der Waals surface area contributed by atoms with Gasteiger partial charge in [0, 0.05) is 17.8 Å². The fourth-order valence-corrected chi connectivity index (χ4v) is 1.93. The standard InChI is InChI=1S/C14H18N2/c1-14(2,10-15)8-11-4-3-5-12-9-16-7-6-13(11)12/h3-7,9H,8,10,15H2,1-2H3. The molecule has 2 aromatic rings. The molecule has 0 atom stereocenters. The smallest absolute Gasteiger partial charge is 0.0346 e. The van der Waals surface area contributed by atoms with Gasteiger partial charge < -0.3 is 5.73 Å². The molecule has 0 saturated carbocycles. The highest BCUT2D eigenvalue weighted by atomic mass is 14.6. The summed E-state index contributed by atoms with van der Waals surface area (Å²) in [5.41, 5.74) is 7.29. The van der Waals surface area contributed by atoms with Gasteiger partial charge in [0.25, 0.3) is 0 Å². The monoisotopic (exact) mass is 214 g/mol. The third-order valence-electron chi connectivity index (χ3n) is 2.99. The van der Waals surface area contributed by atoms with Gasteiger partial charge in [0.15, 0.2) is 0 Å². The lowest BCUT2D eigenvalue weighted by molar-refractivity contribution is 0.378. The molecule has 2 heteroatoms. The van der Waals surface area contributed by atoms with Gasteiger partial charge in [0.2, 0.25) is 0 Å². The Labute approximate surface area is 96.5 Å². The minimum absolute atomic E-state index is 0.150. The van der Waals surface area contributed by atoms with Crippen molar-refractivity contribution in [2.24, 2.45) is 11.1 Å². The molecule has 0 unspecified atom stereocenters. The molecule has 2 rings (SSSR count). The van der Waals surface area contributed by atoms with Crippen LogP contribution in [-0.4, -0.2) is 11.5 Å². The lowest BCUT2D eigenvalue weighted by Crippen LogP contribution is -2.25. The van der Waals surface area contributed by atoms with Crippen LogP contribution >= 0.6 is 0 Å². The molecule has 1 heterocycles. The normalized spacial score (nSPS) is 11.9. The Morgan fingerprint density at radius 2 is 2.06 bits per heavy atom. The maximum absolute atomic E-state index is 5.79. The Balaban J connectivity index is 2.45. The van der Waals surface area contributed by atoms with Crippen molar-refractivity contribution >= 4 is 10.8 Å². The first kappa shape index (κ1) is 11.1. The van der Waals surface area contributed by atoms with Crippen molar-refractivity contribution in [1.82, 2.24) is 4.98 Å². The predicted octanol–water partition coefficient (Wildman–Crippen LogP) is 2.76. The number of nitrogens with zero attached hydrogens (tertiary/aromatic N) is 1. The first-order valence-corrected chi connectivity index (χ1v) is 5.64. The summed E-state index contributed by atoms with van der Waals surface area (Å²) in [6, 6.07) is 8.45. The summed E-state index contributed by atoms with van der Waals surface area (Å²) in [6.45, 7) is 5.11. The molecule has 0 aliphatic rings. The second-order valence-electron chi connectivity index (χ2n) is 5.06. The SMILES string of the molecule is CC(C)(CN)Cc1cccc2cnccc12. The Kier molecular flexibility index (Phi) is 2.92. The summed E-state index contributed by atoms with van der Waals surface area (Å²) in [7, 11) is 0. The lowest BCUT2D eigenvalue weighted by atomic mass is 9.84. The number of fused-ring (bicyclic) bond motifs is 1. The van der Waals surface area contributed by atoms with Gasteiger partial charge in [-0.15, -0.1) is 0 Å². The molecule has 0 spiro atoms. The first-order valence-electron chi connectivity index (χ1n) is 5.64. The summed E-state index contributed by atoms with van der Waals surface area (Å²) in [6.07, 6.45) is 4.76. The molecule has 0 amide bonds. The fraction of sp³-hybridized carbons (Fsp3) is 0.357. The van der Waals surface area contributed by atoms with Gasteiger partial charge in [-0.25, -0.2) is 0 Å². The van der Waals surface area contributed by atoms with Crippen LogP contribution < -0.4 is 5.73 Å². The zero-order valence-electron chi connectivity index (χ0n) is 9.90. The van der Waals surface area contributed by atoms with Crippen LogP contribution in [0.15, 0.2) is 36.7 Å². The molecule has 0 radical (unpaired) electrons. The van der Waals surface area contributed by atoms with E-state index in [1.807, 2.05) is 12.4 Å². The lowest BCUT2D eigenvalue weighted by Gasteiger charge is -2.23. The van der Waals surface area contributed by atoms with Crippen LogP contribution in [0, 0.1) is 5.41 Å². The number of hydrogen-bond acceptors (Lipinski definition) is 2. The second-order valence-corrected chi connectivity index (χ2v) is 5.06. The van der Waals surface area contributed by atoms with Crippen LogP contribution in [-0.2, 0) is 6.42 Å². The summed E-state index contributed by atoms with van der Waals surface area (Å²) in [4.78, 5) is 4.15. The number of rotatable bonds is 3. The molecule has 0 bridgehead atoms. The van der Waals surface area contributed by atoms with Gasteiger partial charge in [0.05, 0.1) is 0 Å². The molecule has 0 aliphatic carbocycles. The predicted molar refractivity (Wildman–Crippen MR) is 68.3 cm³/mol. The molecule has 0 fully saturated rings. The number of nitrogens with two attached hydrogens (primary N) is 1. The van der Waals surface area contributed by atoms with Crippen molar-refractivity contribution in [3.63, 3.8) is 0 Å². The van der Waals surface area contributed by atoms with E-state index < -0.39 is 0 Å². The van der Waals surface area contributed by atoms with E-state index in [-0.39, 0.29) is 5.41 Å². The molecule has 84 valence electrons. The van der Waals surface area contributed by atoms with E-state index in [4.69, 9.17) is 5.73 Å². The highest BCUT2D eigenvalue weighted by Crippen LogP contribution is 2.25. The van der Waals surface area contributed by atoms with Crippen molar-refractivity contribution in [2.75, 3.05) is 6.54 Å². The Bertz CT molecular complexity index is 484. The number of benzene rings is 1. The first-order chi connectivity index (χ1) is 7.62. The van der Waals surface area contributed by atoms with E-state index in [2.05, 4.69) is 43.1 Å². The molecule has 1 aromatic heterocycles. The minimum Gasteiger partial charge on any atom is -0.330 e. The van der Waals surface area contributed by atoms with Gasteiger partial charge in [-0.3, -0.25) is 4.98 Å². The van der Waals surface area contributed by atoms with Gasteiger partial charge >= 0.3 is 0 Å². The highest BCUT2D eigenvalue weighted by molar-refractivity contribution is 5.84. The third-order valence-corrected chi connectivity index (χ3v) is 2.99. The van der Waals surface area contributed by atoms with Gasteiger partial charge in [-0.2, -0.15) is 0 Å². The maximum atomic E-state index is 5.79. The maximum Gasteiger partial charge on any atom is 0.0346 e. The van der Waals surface area contributed by atoms with Crippen LogP contribution in [0.25, 0.3) is 10.8 Å². The van der Waals surface area contributed by atoms with E-state index >= 15 is 0 Å². The second kappa shape index (κ2) is 4.22. The fourth-order valence-electron chi connectivity index (χ4n) is 1.93. The molecule has 0 aliphatic heterocycles. The van der Waals surface area contributed by atoms with Gasteiger partial charge in [0.1, 0.15) is 0 Å². The van der Waals surface area contributed by atoms with E-state index in [1.54, 1.807) is 0 Å². The van der Waals surface area contributed by atoms with Crippen molar-refractivity contribution < 1.29 is 0 Å². The number of aromatic nitrogens is 1. The van der Waals surface area contributed by atoms with Crippen molar-refractivity contribution in [2.45, 2.75) is 20.3 Å². The summed E-state index contributed by atoms with van der Waals surface area (Å²) >= 11 is 0. The van der Waals surface area contributed by atoms with Crippen molar-refractivity contribution in [3.8, 4) is 0 Å². The molecule has 1 aromatic carbocycles. The highest BCUT2D eigenvalue weighted by Gasteiger charge is 2.17. The van der Waals surface area contributed by atoms with E-state index in [0.717, 1.165) is 6.42 Å². The van der Waals surface area contributed by atoms with Crippen LogP contribution in [0.2, 0.25) is 0 Å². The summed E-state index contributed by atoms with van der Waals surface area (Å²) in [5.74, 6) is 0. The molecular formula is C14H18N2. The molecule has 16 heavy (non-hydrogen) atoms. The van der Waals surface area contributed by atoms with Crippen LogP contribution in [0.5, 0.6) is 0 Å². The van der Waals surface area contributed by atoms with Gasteiger partial charge in [-0.05, 0) is 35.4 Å². The Hall–Kier alpha value is -1.41. The minimum atomic E-state index is 0.150. The van der Waals surface area contributed by atoms with E-state index in [9.17, 15) is 0 Å².